The number of benzene rings is 1. The number of carboxylic acids is 1. The molecular formula is C23H32O5. The molecule has 1 aromatic rings. The van der Waals surface area contributed by atoms with Crippen LogP contribution in [0.4, 0.5) is 0 Å². The van der Waals surface area contributed by atoms with Crippen LogP contribution in [0.1, 0.15) is 51.9 Å². The van der Waals surface area contributed by atoms with Crippen LogP contribution in [0.25, 0.3) is 0 Å². The van der Waals surface area contributed by atoms with Crippen molar-refractivity contribution >= 4 is 5.97 Å². The van der Waals surface area contributed by atoms with Gasteiger partial charge in [-0.1, -0.05) is 36.8 Å². The highest BCUT2D eigenvalue weighted by molar-refractivity contribution is 5.66. The highest BCUT2D eigenvalue weighted by Crippen LogP contribution is 2.61. The third kappa shape index (κ3) is 4.76. The van der Waals surface area contributed by atoms with Crippen LogP contribution in [0.3, 0.4) is 0 Å². The van der Waals surface area contributed by atoms with Crippen LogP contribution in [0, 0.1) is 17.3 Å². The van der Waals surface area contributed by atoms with Crippen molar-refractivity contribution in [2.75, 3.05) is 6.61 Å². The van der Waals surface area contributed by atoms with Gasteiger partial charge in [-0.25, -0.2) is 0 Å². The first-order chi connectivity index (χ1) is 13.4. The average Bonchev–Trinajstić information content (AvgIpc) is 2.68. The van der Waals surface area contributed by atoms with Crippen molar-refractivity contribution in [3.63, 3.8) is 0 Å². The summed E-state index contributed by atoms with van der Waals surface area (Å²) in [7, 11) is 0. The maximum Gasteiger partial charge on any atom is 0.303 e. The Labute approximate surface area is 167 Å². The minimum absolute atomic E-state index is 0.0773. The summed E-state index contributed by atoms with van der Waals surface area (Å²) in [6.07, 6.45) is 6.03. The molecule has 3 N–H and O–H groups in total. The molecule has 5 nitrogen and oxygen atoms in total. The van der Waals surface area contributed by atoms with Crippen molar-refractivity contribution in [3.8, 4) is 5.75 Å². The third-order valence-corrected chi connectivity index (χ3v) is 6.73. The summed E-state index contributed by atoms with van der Waals surface area (Å²) in [5.74, 6) is 0.583. The van der Waals surface area contributed by atoms with Crippen molar-refractivity contribution in [1.29, 1.82) is 0 Å². The Morgan fingerprint density at radius 3 is 2.82 bits per heavy atom. The molecule has 2 aliphatic carbocycles. The molecule has 5 heteroatoms. The molecule has 0 radical (unpaired) electrons. The Balaban J connectivity index is 1.50. The van der Waals surface area contributed by atoms with Gasteiger partial charge in [-0.05, 0) is 67.9 Å². The lowest BCUT2D eigenvalue weighted by Gasteiger charge is -2.58. The van der Waals surface area contributed by atoms with Gasteiger partial charge in [-0.2, -0.15) is 0 Å². The molecule has 0 saturated heterocycles. The number of aliphatic hydroxyl groups is 2. The van der Waals surface area contributed by atoms with Crippen LogP contribution < -0.4 is 4.74 Å². The van der Waals surface area contributed by atoms with E-state index in [1.807, 2.05) is 30.3 Å². The van der Waals surface area contributed by atoms with Crippen LogP contribution in [0.15, 0.2) is 42.0 Å². The first-order valence-corrected chi connectivity index (χ1v) is 10.4. The number of ether oxygens (including phenoxy) is 1. The van der Waals surface area contributed by atoms with Gasteiger partial charge in [-0.3, -0.25) is 4.79 Å². The lowest BCUT2D eigenvalue weighted by molar-refractivity contribution is -0.136. The molecule has 1 unspecified atom stereocenters. The largest absolute Gasteiger partial charge is 0.491 e. The van der Waals surface area contributed by atoms with Crippen LogP contribution >= 0.6 is 0 Å². The predicted octanol–water partition coefficient (Wildman–Crippen LogP) is 3.79. The molecule has 28 heavy (non-hydrogen) atoms. The summed E-state index contributed by atoms with van der Waals surface area (Å²) < 4.78 is 5.63. The van der Waals surface area contributed by atoms with E-state index in [9.17, 15) is 15.0 Å². The van der Waals surface area contributed by atoms with Crippen molar-refractivity contribution in [1.82, 2.24) is 0 Å². The molecule has 2 saturated carbocycles. The number of hydrogen-bond donors (Lipinski definition) is 3. The Morgan fingerprint density at radius 2 is 2.11 bits per heavy atom. The number of fused-ring (bicyclic) bond motifs is 1. The van der Waals surface area contributed by atoms with E-state index in [0.29, 0.717) is 18.8 Å². The molecule has 2 fully saturated rings. The Hall–Kier alpha value is -1.85. The number of carboxylic acid groups (broad SMARTS) is 1. The summed E-state index contributed by atoms with van der Waals surface area (Å²) in [5, 5.41) is 29.7. The van der Waals surface area contributed by atoms with Crippen LogP contribution in [-0.2, 0) is 4.79 Å². The number of rotatable bonds is 9. The van der Waals surface area contributed by atoms with Gasteiger partial charge in [0, 0.05) is 6.42 Å². The predicted molar refractivity (Wildman–Crippen MR) is 107 cm³/mol. The fourth-order valence-corrected chi connectivity index (χ4v) is 4.96. The van der Waals surface area contributed by atoms with E-state index in [-0.39, 0.29) is 30.5 Å². The van der Waals surface area contributed by atoms with Gasteiger partial charge in [0.15, 0.2) is 0 Å². The van der Waals surface area contributed by atoms with E-state index < -0.39 is 12.1 Å². The van der Waals surface area contributed by atoms with Crippen molar-refractivity contribution in [2.45, 2.75) is 64.1 Å². The SMILES string of the molecule is C[C@]12CC[C@@H](O)[C@H](CCC(O)COc3ccccc3)[C@H]1CC2=CCCC(=O)O. The zero-order chi connectivity index (χ0) is 20.1. The second-order valence-corrected chi connectivity index (χ2v) is 8.51. The van der Waals surface area contributed by atoms with Crippen molar-refractivity contribution < 1.29 is 24.9 Å². The maximum absolute atomic E-state index is 10.7. The summed E-state index contributed by atoms with van der Waals surface area (Å²) >= 11 is 0. The van der Waals surface area contributed by atoms with Crippen LogP contribution in [0.2, 0.25) is 0 Å². The first-order valence-electron chi connectivity index (χ1n) is 10.4. The molecule has 0 amide bonds. The van der Waals surface area contributed by atoms with Gasteiger partial charge in [0.05, 0.1) is 12.2 Å². The minimum atomic E-state index is -0.762. The van der Waals surface area contributed by atoms with Crippen molar-refractivity contribution in [3.05, 3.63) is 42.0 Å². The molecule has 2 aliphatic rings. The highest BCUT2D eigenvalue weighted by atomic mass is 16.5. The second kappa shape index (κ2) is 9.10. The molecule has 0 heterocycles. The number of carbonyl (C=O) groups is 1. The maximum atomic E-state index is 10.7. The molecule has 0 spiro atoms. The first kappa shape index (κ1) is 20.9. The highest BCUT2D eigenvalue weighted by Gasteiger charge is 2.54. The Bertz CT molecular complexity index is 685. The quantitative estimate of drug-likeness (QED) is 0.560. The number of para-hydroxylation sites is 1. The monoisotopic (exact) mass is 388 g/mol. The van der Waals surface area contributed by atoms with Gasteiger partial charge in [0.2, 0.25) is 0 Å². The third-order valence-electron chi connectivity index (χ3n) is 6.73. The summed E-state index contributed by atoms with van der Waals surface area (Å²) in [6.45, 7) is 2.51. The zero-order valence-electron chi connectivity index (χ0n) is 16.6. The minimum Gasteiger partial charge on any atom is -0.491 e. The van der Waals surface area contributed by atoms with Crippen molar-refractivity contribution in [2.24, 2.45) is 17.3 Å². The Morgan fingerprint density at radius 1 is 1.36 bits per heavy atom. The lowest BCUT2D eigenvalue weighted by atomic mass is 9.47. The summed E-state index contributed by atoms with van der Waals surface area (Å²) in [6, 6.07) is 9.47. The average molecular weight is 389 g/mol. The van der Waals surface area contributed by atoms with E-state index >= 15 is 0 Å². The number of aliphatic hydroxyl groups excluding tert-OH is 2. The van der Waals surface area contributed by atoms with E-state index in [2.05, 4.69) is 13.0 Å². The molecule has 0 aliphatic heterocycles. The summed E-state index contributed by atoms with van der Waals surface area (Å²) in [4.78, 5) is 10.7. The molecule has 5 atom stereocenters. The zero-order valence-corrected chi connectivity index (χ0v) is 16.6. The van der Waals surface area contributed by atoms with Gasteiger partial charge >= 0.3 is 5.97 Å². The van der Waals surface area contributed by atoms with Crippen LogP contribution in [0.5, 0.6) is 5.75 Å². The number of hydrogen-bond acceptors (Lipinski definition) is 4. The van der Waals surface area contributed by atoms with E-state index in [1.54, 1.807) is 0 Å². The van der Waals surface area contributed by atoms with Crippen LogP contribution in [-0.4, -0.2) is 40.1 Å². The number of allylic oxidation sites excluding steroid dienone is 2. The van der Waals surface area contributed by atoms with E-state index in [1.165, 1.54) is 5.57 Å². The smallest absolute Gasteiger partial charge is 0.303 e. The fourth-order valence-electron chi connectivity index (χ4n) is 4.96. The summed E-state index contributed by atoms with van der Waals surface area (Å²) in [5.41, 5.74) is 1.43. The molecule has 0 bridgehead atoms. The molecule has 0 aromatic heterocycles. The van der Waals surface area contributed by atoms with E-state index in [0.717, 1.165) is 31.4 Å². The molecule has 1 aromatic carbocycles. The fraction of sp³-hybridized carbons (Fsp3) is 0.609. The number of aliphatic carboxylic acids is 1. The lowest BCUT2D eigenvalue weighted by Crippen LogP contribution is -2.52. The molecule has 154 valence electrons. The molecule has 3 rings (SSSR count). The van der Waals surface area contributed by atoms with Gasteiger partial charge in [-0.15, -0.1) is 0 Å². The standard InChI is InChI=1S/C23H32O5/c1-23-13-12-21(25)19(20(23)14-16(23)6-5-9-22(26)27)11-10-17(24)15-28-18-7-3-2-4-8-18/h2-4,6-8,17,19-21,24-25H,5,9-15H2,1H3,(H,26,27)/t17?,19-,20-,21-,23-/m1/s1. The van der Waals surface area contributed by atoms with Gasteiger partial charge in [0.25, 0.3) is 0 Å². The molecular weight excluding hydrogens is 356 g/mol. The van der Waals surface area contributed by atoms with E-state index in [4.69, 9.17) is 9.84 Å². The second-order valence-electron chi connectivity index (χ2n) is 8.51. The topological polar surface area (TPSA) is 87.0 Å². The van der Waals surface area contributed by atoms with Gasteiger partial charge in [0.1, 0.15) is 12.4 Å². The Kier molecular flexibility index (Phi) is 6.78. The normalized spacial score (nSPS) is 31.7. The van der Waals surface area contributed by atoms with Gasteiger partial charge < -0.3 is 20.1 Å².